The van der Waals surface area contributed by atoms with Crippen LogP contribution in [0.1, 0.15) is 13.8 Å². The molecule has 0 aliphatic rings. The van der Waals surface area contributed by atoms with Gasteiger partial charge in [0.05, 0.1) is 0 Å². The number of hydrogen-bond acceptors (Lipinski definition) is 2. The van der Waals surface area contributed by atoms with E-state index in [1.165, 1.54) is 11.9 Å². The first-order chi connectivity index (χ1) is 6.18. The Bertz CT molecular complexity index is 221. The molecule has 0 aliphatic heterocycles. The van der Waals surface area contributed by atoms with Gasteiger partial charge in [0.15, 0.2) is 0 Å². The predicted molar refractivity (Wildman–Crippen MR) is 65.2 cm³/mol. The highest BCUT2D eigenvalue weighted by molar-refractivity contribution is 9.10. The van der Waals surface area contributed by atoms with Crippen LogP contribution < -0.4 is 5.73 Å². The number of nitrogens with two attached hydrogens (primary N) is 1. The summed E-state index contributed by atoms with van der Waals surface area (Å²) in [5.41, 5.74) is 4.50. The van der Waals surface area contributed by atoms with Crippen LogP contribution in [0.3, 0.4) is 0 Å². The van der Waals surface area contributed by atoms with Crippen molar-refractivity contribution >= 4 is 27.7 Å². The van der Waals surface area contributed by atoms with Crippen LogP contribution in [-0.2, 0) is 0 Å². The standard InChI is InChI=1S/C9H11BrS.CH5N/c1-7(2)11-9-5-3-8(10)4-6-9;1-2/h3-7H,1-2H3;2H2,1H3. The zero-order valence-corrected chi connectivity index (χ0v) is 10.7. The number of hydrogen-bond donors (Lipinski definition) is 1. The van der Waals surface area contributed by atoms with Crippen molar-refractivity contribution in [2.45, 2.75) is 24.0 Å². The van der Waals surface area contributed by atoms with E-state index in [2.05, 4.69) is 59.8 Å². The molecule has 1 aromatic rings. The van der Waals surface area contributed by atoms with Crippen molar-refractivity contribution < 1.29 is 0 Å². The van der Waals surface area contributed by atoms with Crippen LogP contribution in [0.25, 0.3) is 0 Å². The van der Waals surface area contributed by atoms with E-state index in [-0.39, 0.29) is 0 Å². The highest BCUT2D eigenvalue weighted by Crippen LogP contribution is 2.23. The van der Waals surface area contributed by atoms with Gasteiger partial charge in [0.1, 0.15) is 0 Å². The summed E-state index contributed by atoms with van der Waals surface area (Å²) in [6, 6.07) is 8.42. The van der Waals surface area contributed by atoms with E-state index < -0.39 is 0 Å². The molecule has 0 bridgehead atoms. The largest absolute Gasteiger partial charge is 0.333 e. The number of rotatable bonds is 2. The van der Waals surface area contributed by atoms with Gasteiger partial charge in [-0.2, -0.15) is 0 Å². The van der Waals surface area contributed by atoms with Crippen molar-refractivity contribution in [1.29, 1.82) is 0 Å². The molecule has 13 heavy (non-hydrogen) atoms. The van der Waals surface area contributed by atoms with E-state index in [0.717, 1.165) is 4.47 Å². The first-order valence-electron chi connectivity index (χ1n) is 4.18. The molecule has 0 saturated carbocycles. The minimum Gasteiger partial charge on any atom is -0.333 e. The Balaban J connectivity index is 0.000000671. The first-order valence-corrected chi connectivity index (χ1v) is 5.85. The minimum absolute atomic E-state index is 0.663. The molecule has 0 saturated heterocycles. The van der Waals surface area contributed by atoms with E-state index >= 15 is 0 Å². The number of benzene rings is 1. The minimum atomic E-state index is 0.663. The van der Waals surface area contributed by atoms with Gasteiger partial charge in [0.25, 0.3) is 0 Å². The Morgan fingerprint density at radius 3 is 2.00 bits per heavy atom. The Morgan fingerprint density at radius 2 is 1.62 bits per heavy atom. The Kier molecular flexibility index (Phi) is 7.42. The molecule has 0 heterocycles. The van der Waals surface area contributed by atoms with E-state index in [1.807, 2.05) is 11.8 Å². The topological polar surface area (TPSA) is 26.0 Å². The molecular formula is C10H16BrNS. The molecule has 0 atom stereocenters. The van der Waals surface area contributed by atoms with Crippen LogP contribution in [0.4, 0.5) is 0 Å². The van der Waals surface area contributed by atoms with Crippen LogP contribution in [0.2, 0.25) is 0 Å². The zero-order valence-electron chi connectivity index (χ0n) is 8.25. The van der Waals surface area contributed by atoms with Crippen LogP contribution in [0.15, 0.2) is 33.6 Å². The molecule has 0 spiro atoms. The van der Waals surface area contributed by atoms with Crippen molar-refractivity contribution in [2.75, 3.05) is 7.05 Å². The molecule has 0 fully saturated rings. The van der Waals surface area contributed by atoms with E-state index in [1.54, 1.807) is 0 Å². The van der Waals surface area contributed by atoms with Crippen molar-refractivity contribution in [3.8, 4) is 0 Å². The van der Waals surface area contributed by atoms with Crippen LogP contribution in [0, 0.1) is 0 Å². The lowest BCUT2D eigenvalue weighted by Gasteiger charge is -2.03. The normalized spacial score (nSPS) is 9.38. The molecule has 0 amide bonds. The van der Waals surface area contributed by atoms with Crippen molar-refractivity contribution in [2.24, 2.45) is 5.73 Å². The maximum absolute atomic E-state index is 4.50. The zero-order chi connectivity index (χ0) is 10.3. The predicted octanol–water partition coefficient (Wildman–Crippen LogP) is 3.52. The maximum atomic E-state index is 4.50. The molecule has 1 aromatic carbocycles. The fourth-order valence-electron chi connectivity index (χ4n) is 0.785. The lowest BCUT2D eigenvalue weighted by molar-refractivity contribution is 1.11. The maximum Gasteiger partial charge on any atom is 0.0176 e. The van der Waals surface area contributed by atoms with Crippen LogP contribution in [-0.4, -0.2) is 12.3 Å². The smallest absolute Gasteiger partial charge is 0.0176 e. The highest BCUT2D eigenvalue weighted by atomic mass is 79.9. The Labute approximate surface area is 93.2 Å². The summed E-state index contributed by atoms with van der Waals surface area (Å²) < 4.78 is 1.14. The van der Waals surface area contributed by atoms with Crippen molar-refractivity contribution in [3.05, 3.63) is 28.7 Å². The fourth-order valence-corrected chi connectivity index (χ4v) is 1.89. The lowest BCUT2D eigenvalue weighted by Crippen LogP contribution is -1.84. The highest BCUT2D eigenvalue weighted by Gasteiger charge is 1.96. The van der Waals surface area contributed by atoms with Crippen molar-refractivity contribution in [3.63, 3.8) is 0 Å². The van der Waals surface area contributed by atoms with Gasteiger partial charge >= 0.3 is 0 Å². The third-order valence-electron chi connectivity index (χ3n) is 1.19. The molecular weight excluding hydrogens is 246 g/mol. The van der Waals surface area contributed by atoms with Crippen LogP contribution >= 0.6 is 27.7 Å². The van der Waals surface area contributed by atoms with Gasteiger partial charge < -0.3 is 5.73 Å². The third-order valence-corrected chi connectivity index (χ3v) is 2.73. The molecule has 0 unspecified atom stereocenters. The van der Waals surface area contributed by atoms with Crippen molar-refractivity contribution in [1.82, 2.24) is 0 Å². The van der Waals surface area contributed by atoms with Crippen LogP contribution in [0.5, 0.6) is 0 Å². The Morgan fingerprint density at radius 1 is 1.15 bits per heavy atom. The monoisotopic (exact) mass is 261 g/mol. The average molecular weight is 262 g/mol. The quantitative estimate of drug-likeness (QED) is 0.825. The average Bonchev–Trinajstić information content (AvgIpc) is 2.12. The Hall–Kier alpha value is 0.01000. The SMILES string of the molecule is CC(C)Sc1ccc(Br)cc1.CN. The summed E-state index contributed by atoms with van der Waals surface area (Å²) in [7, 11) is 1.50. The number of halogens is 1. The summed E-state index contributed by atoms with van der Waals surface area (Å²) in [4.78, 5) is 1.34. The van der Waals surface area contributed by atoms with Gasteiger partial charge in [-0.05, 0) is 31.3 Å². The van der Waals surface area contributed by atoms with E-state index in [0.29, 0.717) is 5.25 Å². The number of thioether (sulfide) groups is 1. The summed E-state index contributed by atoms with van der Waals surface area (Å²) in [6.45, 7) is 4.40. The molecule has 3 heteroatoms. The van der Waals surface area contributed by atoms with Gasteiger partial charge in [-0.1, -0.05) is 29.8 Å². The van der Waals surface area contributed by atoms with Gasteiger partial charge in [-0.3, -0.25) is 0 Å². The molecule has 1 rings (SSSR count). The summed E-state index contributed by atoms with van der Waals surface area (Å²) in [5.74, 6) is 0. The summed E-state index contributed by atoms with van der Waals surface area (Å²) in [5, 5.41) is 0.663. The third kappa shape index (κ3) is 6.13. The lowest BCUT2D eigenvalue weighted by atomic mass is 10.4. The fraction of sp³-hybridized carbons (Fsp3) is 0.400. The molecule has 2 N–H and O–H groups in total. The summed E-state index contributed by atoms with van der Waals surface area (Å²) in [6.07, 6.45) is 0. The molecule has 74 valence electrons. The second-order valence-electron chi connectivity index (χ2n) is 2.62. The molecule has 0 radical (unpaired) electrons. The van der Waals surface area contributed by atoms with Gasteiger partial charge in [0, 0.05) is 14.6 Å². The van der Waals surface area contributed by atoms with E-state index in [4.69, 9.17) is 0 Å². The molecule has 0 aliphatic carbocycles. The molecule has 1 nitrogen and oxygen atoms in total. The van der Waals surface area contributed by atoms with Gasteiger partial charge in [-0.15, -0.1) is 11.8 Å². The van der Waals surface area contributed by atoms with Gasteiger partial charge in [-0.25, -0.2) is 0 Å². The second kappa shape index (κ2) is 7.42. The van der Waals surface area contributed by atoms with E-state index in [9.17, 15) is 0 Å². The summed E-state index contributed by atoms with van der Waals surface area (Å²) >= 11 is 5.29. The second-order valence-corrected chi connectivity index (χ2v) is 5.19. The molecule has 0 aromatic heterocycles. The van der Waals surface area contributed by atoms with Gasteiger partial charge in [0.2, 0.25) is 0 Å². The first kappa shape index (κ1) is 13.0.